The molecule has 2 rings (SSSR count). The molecule has 1 N–H and O–H groups in total. The van der Waals surface area contributed by atoms with Gasteiger partial charge >= 0.3 is 6.03 Å². The van der Waals surface area contributed by atoms with E-state index in [0.29, 0.717) is 13.1 Å². The number of amides is 2. The van der Waals surface area contributed by atoms with Crippen molar-refractivity contribution in [1.29, 1.82) is 0 Å². The first kappa shape index (κ1) is 19.1. The number of hydrogen-bond donors (Lipinski definition) is 1. The van der Waals surface area contributed by atoms with Crippen molar-refractivity contribution in [3.8, 4) is 0 Å². The van der Waals surface area contributed by atoms with Gasteiger partial charge in [0.1, 0.15) is 0 Å². The Kier molecular flexibility index (Phi) is 6.22. The number of urea groups is 1. The van der Waals surface area contributed by atoms with Gasteiger partial charge in [0, 0.05) is 37.6 Å². The number of aryl methyl sites for hydroxylation is 1. The molecule has 0 saturated carbocycles. The quantitative estimate of drug-likeness (QED) is 0.883. The number of carbonyl (C=O) groups is 1. The van der Waals surface area contributed by atoms with Gasteiger partial charge < -0.3 is 15.0 Å². The van der Waals surface area contributed by atoms with E-state index in [9.17, 15) is 4.79 Å². The maximum Gasteiger partial charge on any atom is 0.317 e. The van der Waals surface area contributed by atoms with Crippen LogP contribution in [0.3, 0.4) is 0 Å². The van der Waals surface area contributed by atoms with E-state index in [-0.39, 0.29) is 23.8 Å². The molecule has 24 heavy (non-hydrogen) atoms. The Morgan fingerprint density at radius 3 is 2.62 bits per heavy atom. The smallest absolute Gasteiger partial charge is 0.317 e. The molecule has 6 nitrogen and oxygen atoms in total. The first-order valence-corrected chi connectivity index (χ1v) is 9.36. The summed E-state index contributed by atoms with van der Waals surface area (Å²) in [6, 6.07) is -0.0666. The number of rotatable bonds is 5. The van der Waals surface area contributed by atoms with Crippen LogP contribution >= 0.6 is 11.3 Å². The number of ether oxygens (including phenoxy) is 1. The highest BCUT2D eigenvalue weighted by Gasteiger charge is 2.33. The van der Waals surface area contributed by atoms with E-state index in [1.54, 1.807) is 23.3 Å². The van der Waals surface area contributed by atoms with Gasteiger partial charge in [-0.25, -0.2) is 9.78 Å². The maximum absolute atomic E-state index is 12.4. The summed E-state index contributed by atoms with van der Waals surface area (Å²) in [6.45, 7) is 13.4. The monoisotopic (exact) mass is 354 g/mol. The fourth-order valence-electron chi connectivity index (χ4n) is 3.01. The molecule has 1 aromatic rings. The molecular weight excluding hydrogens is 324 g/mol. The van der Waals surface area contributed by atoms with E-state index in [0.717, 1.165) is 23.8 Å². The summed E-state index contributed by atoms with van der Waals surface area (Å²) in [5.41, 5.74) is 0.824. The van der Waals surface area contributed by atoms with Gasteiger partial charge in [0.15, 0.2) is 0 Å². The molecule has 2 heterocycles. The zero-order valence-electron chi connectivity index (χ0n) is 15.6. The lowest BCUT2D eigenvalue weighted by molar-refractivity contribution is -0.0948. The average Bonchev–Trinajstić information content (AvgIpc) is 2.89. The number of nitrogens with one attached hydrogen (secondary N) is 1. The van der Waals surface area contributed by atoms with Crippen molar-refractivity contribution in [2.24, 2.45) is 0 Å². The molecule has 1 aliphatic rings. The number of morpholine rings is 1. The second kappa shape index (κ2) is 7.80. The molecule has 1 aliphatic heterocycles. The minimum absolute atomic E-state index is 0.0666. The van der Waals surface area contributed by atoms with Gasteiger partial charge in [0.2, 0.25) is 0 Å². The van der Waals surface area contributed by atoms with Gasteiger partial charge in [-0.05, 0) is 34.6 Å². The van der Waals surface area contributed by atoms with E-state index < -0.39 is 0 Å². The second-order valence-electron chi connectivity index (χ2n) is 7.35. The predicted molar refractivity (Wildman–Crippen MR) is 97.4 cm³/mol. The molecule has 0 radical (unpaired) electrons. The summed E-state index contributed by atoms with van der Waals surface area (Å²) >= 11 is 1.61. The predicted octanol–water partition coefficient (Wildman–Crippen LogP) is 2.48. The molecule has 1 saturated heterocycles. The number of carbonyl (C=O) groups excluding carboxylic acids is 1. The fourth-order valence-corrected chi connectivity index (χ4v) is 3.61. The average molecular weight is 355 g/mol. The summed E-state index contributed by atoms with van der Waals surface area (Å²) in [6.07, 6.45) is 0.443. The number of hydrogen-bond acceptors (Lipinski definition) is 5. The Labute approximate surface area is 149 Å². The van der Waals surface area contributed by atoms with Gasteiger partial charge in [0.25, 0.3) is 0 Å². The highest BCUT2D eigenvalue weighted by Crippen LogP contribution is 2.20. The molecule has 1 aromatic heterocycles. The van der Waals surface area contributed by atoms with Crippen LogP contribution in [0.15, 0.2) is 5.38 Å². The minimum Gasteiger partial charge on any atom is -0.373 e. The lowest BCUT2D eigenvalue weighted by atomic mass is 10.00. The third kappa shape index (κ3) is 5.16. The van der Waals surface area contributed by atoms with E-state index >= 15 is 0 Å². The van der Waals surface area contributed by atoms with Crippen LogP contribution in [0.25, 0.3) is 0 Å². The van der Waals surface area contributed by atoms with Crippen LogP contribution in [0, 0.1) is 6.92 Å². The molecule has 0 aromatic carbocycles. The number of aromatic nitrogens is 1. The maximum atomic E-state index is 12.4. The van der Waals surface area contributed by atoms with E-state index in [4.69, 9.17) is 4.74 Å². The largest absolute Gasteiger partial charge is 0.373 e. The fraction of sp³-hybridized carbons (Fsp3) is 0.765. The van der Waals surface area contributed by atoms with Crippen molar-refractivity contribution in [2.75, 3.05) is 26.7 Å². The Balaban J connectivity index is 1.85. The Morgan fingerprint density at radius 2 is 2.08 bits per heavy atom. The van der Waals surface area contributed by atoms with Crippen molar-refractivity contribution < 1.29 is 9.53 Å². The van der Waals surface area contributed by atoms with Gasteiger partial charge in [-0.1, -0.05) is 0 Å². The molecule has 0 spiro atoms. The van der Waals surface area contributed by atoms with Gasteiger partial charge in [0.05, 0.1) is 29.5 Å². The second-order valence-corrected chi connectivity index (χ2v) is 8.41. The van der Waals surface area contributed by atoms with E-state index in [2.05, 4.69) is 42.9 Å². The number of nitrogens with zero attached hydrogens (tertiary/aromatic N) is 3. The Hall–Kier alpha value is -1.18. The molecule has 2 atom stereocenters. The first-order chi connectivity index (χ1) is 11.2. The molecule has 2 amide bonds. The molecule has 0 bridgehead atoms. The van der Waals surface area contributed by atoms with Crippen molar-refractivity contribution in [1.82, 2.24) is 20.1 Å². The molecule has 136 valence electrons. The molecule has 7 heteroatoms. The molecular formula is C17H30N4O2S. The van der Waals surface area contributed by atoms with E-state index in [1.807, 2.05) is 12.3 Å². The third-order valence-corrected chi connectivity index (χ3v) is 5.18. The highest BCUT2D eigenvalue weighted by atomic mass is 32.1. The SMILES string of the molecule is Cc1nc(CN(C)C(=O)NCC(C)(C)N2CC(C)OC(C)C2)cs1. The summed E-state index contributed by atoms with van der Waals surface area (Å²) in [5.74, 6) is 0. The van der Waals surface area contributed by atoms with E-state index in [1.165, 1.54) is 0 Å². The van der Waals surface area contributed by atoms with Gasteiger partial charge in [-0.3, -0.25) is 4.90 Å². The van der Waals surface area contributed by atoms with Crippen LogP contribution in [-0.4, -0.2) is 65.2 Å². The normalized spacial score (nSPS) is 22.4. The number of thiazole rings is 1. The Morgan fingerprint density at radius 1 is 1.46 bits per heavy atom. The molecule has 1 fully saturated rings. The van der Waals surface area contributed by atoms with Crippen molar-refractivity contribution in [3.63, 3.8) is 0 Å². The third-order valence-electron chi connectivity index (χ3n) is 4.36. The van der Waals surface area contributed by atoms with Crippen LogP contribution in [0.4, 0.5) is 4.79 Å². The first-order valence-electron chi connectivity index (χ1n) is 8.48. The lowest BCUT2D eigenvalue weighted by Gasteiger charge is -2.45. The minimum atomic E-state index is -0.111. The standard InChI is InChI=1S/C17H30N4O2S/c1-12-7-21(8-13(2)23-12)17(4,5)11-18-16(22)20(6)9-15-10-24-14(3)19-15/h10,12-13H,7-9,11H2,1-6H3,(H,18,22). The highest BCUT2D eigenvalue weighted by molar-refractivity contribution is 7.09. The van der Waals surface area contributed by atoms with Crippen molar-refractivity contribution in [2.45, 2.75) is 58.9 Å². The van der Waals surface area contributed by atoms with Gasteiger partial charge in [-0.2, -0.15) is 0 Å². The lowest BCUT2D eigenvalue weighted by Crippen LogP contribution is -2.59. The van der Waals surface area contributed by atoms with Crippen LogP contribution in [0.2, 0.25) is 0 Å². The summed E-state index contributed by atoms with van der Waals surface area (Å²) in [7, 11) is 1.80. The van der Waals surface area contributed by atoms with Gasteiger partial charge in [-0.15, -0.1) is 11.3 Å². The van der Waals surface area contributed by atoms with Crippen LogP contribution in [0.1, 0.15) is 38.4 Å². The molecule has 2 unspecified atom stereocenters. The van der Waals surface area contributed by atoms with Crippen LogP contribution in [0.5, 0.6) is 0 Å². The van der Waals surface area contributed by atoms with Crippen molar-refractivity contribution >= 4 is 17.4 Å². The zero-order chi connectivity index (χ0) is 17.9. The molecule has 0 aliphatic carbocycles. The van der Waals surface area contributed by atoms with Crippen LogP contribution < -0.4 is 5.32 Å². The topological polar surface area (TPSA) is 57.7 Å². The Bertz CT molecular complexity index is 551. The summed E-state index contributed by atoms with van der Waals surface area (Å²) < 4.78 is 5.80. The van der Waals surface area contributed by atoms with Crippen LogP contribution in [-0.2, 0) is 11.3 Å². The summed E-state index contributed by atoms with van der Waals surface area (Å²) in [4.78, 5) is 20.8. The summed E-state index contributed by atoms with van der Waals surface area (Å²) in [5, 5.41) is 6.08. The van der Waals surface area contributed by atoms with Crippen molar-refractivity contribution in [3.05, 3.63) is 16.1 Å². The zero-order valence-corrected chi connectivity index (χ0v) is 16.4.